The van der Waals surface area contributed by atoms with Crippen molar-refractivity contribution in [1.82, 2.24) is 19.9 Å². The highest BCUT2D eigenvalue weighted by molar-refractivity contribution is 5.93. The van der Waals surface area contributed by atoms with Crippen LogP contribution in [0.2, 0.25) is 0 Å². The topological polar surface area (TPSA) is 82.2 Å². The van der Waals surface area contributed by atoms with Gasteiger partial charge >= 0.3 is 0 Å². The average molecular weight is 316 g/mol. The lowest BCUT2D eigenvalue weighted by Crippen LogP contribution is -2.31. The van der Waals surface area contributed by atoms with E-state index in [-0.39, 0.29) is 17.9 Å². The Kier molecular flexibility index (Phi) is 3.65. The van der Waals surface area contributed by atoms with Gasteiger partial charge in [-0.3, -0.25) is 4.79 Å². The molecule has 4 rings (SSSR count). The molecule has 1 saturated carbocycles. The van der Waals surface area contributed by atoms with Crippen molar-refractivity contribution in [1.29, 1.82) is 0 Å². The van der Waals surface area contributed by atoms with Gasteiger partial charge in [-0.05, 0) is 19.3 Å². The lowest BCUT2D eigenvalue weighted by Gasteiger charge is -2.18. The number of hydrogen-bond acceptors (Lipinski definition) is 5. The van der Waals surface area contributed by atoms with E-state index in [0.29, 0.717) is 24.8 Å². The van der Waals surface area contributed by atoms with E-state index in [1.807, 2.05) is 17.8 Å². The molecule has 2 aliphatic rings. The van der Waals surface area contributed by atoms with Crippen LogP contribution in [0.5, 0.6) is 0 Å². The Morgan fingerprint density at radius 2 is 2.26 bits per heavy atom. The third-order valence-corrected chi connectivity index (χ3v) is 4.61. The van der Waals surface area contributed by atoms with Crippen molar-refractivity contribution in [3.05, 3.63) is 36.1 Å². The number of nitrogens with zero attached hydrogens (tertiary/aromatic N) is 3. The second kappa shape index (κ2) is 5.81. The molecule has 23 heavy (non-hydrogen) atoms. The molecule has 2 atom stereocenters. The molecule has 2 aromatic heterocycles. The molecule has 122 valence electrons. The maximum Gasteiger partial charge on any atom is 0.273 e. The minimum Gasteiger partial charge on any atom is -0.447 e. The lowest BCUT2D eigenvalue weighted by molar-refractivity contribution is 0.0778. The highest BCUT2D eigenvalue weighted by Gasteiger charge is 2.35. The zero-order chi connectivity index (χ0) is 15.8. The summed E-state index contributed by atoms with van der Waals surface area (Å²) in [5.74, 6) is 2.06. The van der Waals surface area contributed by atoms with Gasteiger partial charge in [0.05, 0.1) is 0 Å². The molecule has 1 N–H and O–H groups in total. The molecule has 1 aliphatic heterocycles. The second-order valence-corrected chi connectivity index (χ2v) is 6.29. The van der Waals surface area contributed by atoms with Crippen LogP contribution >= 0.6 is 0 Å². The van der Waals surface area contributed by atoms with Crippen LogP contribution in [0.4, 0.5) is 0 Å². The Morgan fingerprint density at radius 3 is 3.00 bits per heavy atom. The summed E-state index contributed by atoms with van der Waals surface area (Å²) in [5.41, 5.74) is 0.431. The number of oxazole rings is 1. The van der Waals surface area contributed by atoms with Gasteiger partial charge in [0.2, 0.25) is 0 Å². The highest BCUT2D eigenvalue weighted by Crippen LogP contribution is 2.41. The van der Waals surface area contributed by atoms with Gasteiger partial charge < -0.3 is 19.0 Å². The first kappa shape index (κ1) is 14.4. The molecule has 7 heteroatoms. The fourth-order valence-electron chi connectivity index (χ4n) is 3.15. The number of aromatic nitrogens is 3. The quantitative estimate of drug-likeness (QED) is 0.909. The van der Waals surface area contributed by atoms with Gasteiger partial charge in [0, 0.05) is 44.4 Å². The van der Waals surface area contributed by atoms with Gasteiger partial charge in [-0.15, -0.1) is 0 Å². The van der Waals surface area contributed by atoms with Crippen molar-refractivity contribution in [3.8, 4) is 0 Å². The van der Waals surface area contributed by atoms with E-state index >= 15 is 0 Å². The lowest BCUT2D eigenvalue weighted by atomic mass is 10.0. The molecule has 0 radical (unpaired) electrons. The van der Waals surface area contributed by atoms with Gasteiger partial charge in [0.15, 0.2) is 12.1 Å². The number of aryl methyl sites for hydroxylation is 1. The smallest absolute Gasteiger partial charge is 0.273 e. The zero-order valence-corrected chi connectivity index (χ0v) is 13.1. The van der Waals surface area contributed by atoms with Crippen LogP contribution in [0.15, 0.2) is 23.2 Å². The summed E-state index contributed by atoms with van der Waals surface area (Å²) < 4.78 is 13.2. The molecule has 0 spiro atoms. The van der Waals surface area contributed by atoms with E-state index in [0.717, 1.165) is 30.8 Å². The third-order valence-electron chi connectivity index (χ3n) is 4.61. The van der Waals surface area contributed by atoms with E-state index in [1.54, 1.807) is 6.20 Å². The average Bonchev–Trinajstić information content (AvgIpc) is 2.96. The molecule has 0 unspecified atom stereocenters. The van der Waals surface area contributed by atoms with Gasteiger partial charge in [-0.1, -0.05) is 0 Å². The SMILES string of the molecule is Cn1ccnc1[C@@H]1OCC[C@H]1CNC(=O)c1ncoc1C1CC1. The van der Waals surface area contributed by atoms with Crippen LogP contribution in [0, 0.1) is 5.92 Å². The Hall–Kier alpha value is -2.15. The Morgan fingerprint density at radius 1 is 1.39 bits per heavy atom. The summed E-state index contributed by atoms with van der Waals surface area (Å²) >= 11 is 0. The molecule has 2 fully saturated rings. The Bertz CT molecular complexity index is 704. The monoisotopic (exact) mass is 316 g/mol. The molecule has 0 bridgehead atoms. The first-order chi connectivity index (χ1) is 11.2. The molecule has 1 saturated heterocycles. The number of carbonyl (C=O) groups is 1. The maximum atomic E-state index is 12.4. The fraction of sp³-hybridized carbons (Fsp3) is 0.562. The van der Waals surface area contributed by atoms with E-state index in [4.69, 9.17) is 9.15 Å². The van der Waals surface area contributed by atoms with Crippen molar-refractivity contribution in [3.63, 3.8) is 0 Å². The van der Waals surface area contributed by atoms with E-state index < -0.39 is 0 Å². The number of carbonyl (C=O) groups excluding carboxylic acids is 1. The fourth-order valence-corrected chi connectivity index (χ4v) is 3.15. The third kappa shape index (κ3) is 2.76. The molecular formula is C16H20N4O3. The highest BCUT2D eigenvalue weighted by atomic mass is 16.5. The van der Waals surface area contributed by atoms with Gasteiger partial charge in [0.1, 0.15) is 17.7 Å². The van der Waals surface area contributed by atoms with Crippen LogP contribution in [-0.4, -0.2) is 33.6 Å². The van der Waals surface area contributed by atoms with E-state index in [1.165, 1.54) is 6.39 Å². The van der Waals surface area contributed by atoms with E-state index in [9.17, 15) is 4.79 Å². The minimum absolute atomic E-state index is 0.0736. The number of rotatable bonds is 5. The molecule has 3 heterocycles. The van der Waals surface area contributed by atoms with E-state index in [2.05, 4.69) is 15.3 Å². The number of hydrogen-bond donors (Lipinski definition) is 1. The summed E-state index contributed by atoms with van der Waals surface area (Å²) in [5, 5.41) is 2.98. The van der Waals surface area contributed by atoms with Crippen molar-refractivity contribution in [2.75, 3.05) is 13.2 Å². The Balaban J connectivity index is 1.41. The van der Waals surface area contributed by atoms with Crippen LogP contribution in [-0.2, 0) is 11.8 Å². The predicted octanol–water partition coefficient (Wildman–Crippen LogP) is 1.79. The maximum absolute atomic E-state index is 12.4. The number of imidazole rings is 1. The van der Waals surface area contributed by atoms with Crippen molar-refractivity contribution >= 4 is 5.91 Å². The van der Waals surface area contributed by atoms with Crippen molar-refractivity contribution in [2.45, 2.75) is 31.3 Å². The standard InChI is InChI=1S/C16H20N4O3/c1-20-6-5-17-15(20)14-11(4-7-22-14)8-18-16(21)12-13(10-2-3-10)23-9-19-12/h5-6,9-11,14H,2-4,7-8H2,1H3,(H,18,21)/t11-,14+/m0/s1. The van der Waals surface area contributed by atoms with Gasteiger partial charge in [0.25, 0.3) is 5.91 Å². The molecule has 2 aromatic rings. The first-order valence-corrected chi connectivity index (χ1v) is 8.04. The summed E-state index contributed by atoms with van der Waals surface area (Å²) in [4.78, 5) is 20.8. The predicted molar refractivity (Wildman–Crippen MR) is 80.8 cm³/mol. The number of nitrogens with one attached hydrogen (secondary N) is 1. The van der Waals surface area contributed by atoms with Gasteiger partial charge in [-0.25, -0.2) is 9.97 Å². The first-order valence-electron chi connectivity index (χ1n) is 8.04. The molecule has 1 aliphatic carbocycles. The van der Waals surface area contributed by atoms with Crippen molar-refractivity contribution < 1.29 is 13.9 Å². The summed E-state index contributed by atoms with van der Waals surface area (Å²) in [6.07, 6.45) is 8.02. The Labute approximate surface area is 134 Å². The number of ether oxygens (including phenoxy) is 1. The largest absolute Gasteiger partial charge is 0.447 e. The van der Waals surface area contributed by atoms with Crippen LogP contribution in [0.25, 0.3) is 0 Å². The summed E-state index contributed by atoms with van der Waals surface area (Å²) in [6.45, 7) is 1.24. The summed E-state index contributed by atoms with van der Waals surface area (Å²) in [7, 11) is 1.96. The minimum atomic E-state index is -0.161. The zero-order valence-electron chi connectivity index (χ0n) is 13.1. The second-order valence-electron chi connectivity index (χ2n) is 6.29. The summed E-state index contributed by atoms with van der Waals surface area (Å²) in [6, 6.07) is 0. The van der Waals surface area contributed by atoms with Crippen molar-refractivity contribution in [2.24, 2.45) is 13.0 Å². The molecule has 7 nitrogen and oxygen atoms in total. The van der Waals surface area contributed by atoms with Gasteiger partial charge in [-0.2, -0.15) is 0 Å². The normalized spacial score (nSPS) is 24.0. The van der Waals surface area contributed by atoms with Crippen LogP contribution < -0.4 is 5.32 Å². The molecule has 0 aromatic carbocycles. The molecule has 1 amide bonds. The number of amides is 1. The van der Waals surface area contributed by atoms with Crippen LogP contribution in [0.1, 0.15) is 53.4 Å². The molecular weight excluding hydrogens is 296 g/mol. The van der Waals surface area contributed by atoms with Crippen LogP contribution in [0.3, 0.4) is 0 Å².